The Bertz CT molecular complexity index is 1310. The molecule has 3 aromatic carbocycles. The van der Waals surface area contributed by atoms with E-state index in [0.29, 0.717) is 22.4 Å². The number of carbonyl (C=O) groups excluding carboxylic acids is 1. The summed E-state index contributed by atoms with van der Waals surface area (Å²) in [5, 5.41) is 10.3. The van der Waals surface area contributed by atoms with Crippen molar-refractivity contribution in [2.75, 3.05) is 4.90 Å². The fourth-order valence-corrected chi connectivity index (χ4v) is 4.86. The third-order valence-corrected chi connectivity index (χ3v) is 7.51. The van der Waals surface area contributed by atoms with Crippen LogP contribution in [0.3, 0.4) is 0 Å². The molecule has 0 bridgehead atoms. The molecule has 2 aliphatic heterocycles. The van der Waals surface area contributed by atoms with Crippen LogP contribution >= 0.6 is 0 Å². The smallest absolute Gasteiger partial charge is 0.481 e. The van der Waals surface area contributed by atoms with E-state index in [2.05, 4.69) is 0 Å². The molecule has 1 fully saturated rings. The van der Waals surface area contributed by atoms with Gasteiger partial charge >= 0.3 is 13.1 Å². The third kappa shape index (κ3) is 3.90. The van der Waals surface area contributed by atoms with Gasteiger partial charge in [-0.25, -0.2) is 4.39 Å². The van der Waals surface area contributed by atoms with Gasteiger partial charge in [0.1, 0.15) is 11.7 Å². The first kappa shape index (κ1) is 24.2. The van der Waals surface area contributed by atoms with Gasteiger partial charge in [0.25, 0.3) is 5.91 Å². The fraction of sp³-hybridized carbons (Fsp3) is 0.286. The summed E-state index contributed by atoms with van der Waals surface area (Å²) in [6.45, 7) is 7.91. The number of hydrogen-bond acceptors (Lipinski definition) is 4. The molecule has 5 rings (SSSR count). The largest absolute Gasteiger partial charge is 0.494 e. The van der Waals surface area contributed by atoms with Gasteiger partial charge in [-0.1, -0.05) is 42.5 Å². The van der Waals surface area contributed by atoms with E-state index in [4.69, 9.17) is 9.31 Å². The lowest BCUT2D eigenvalue weighted by Crippen LogP contribution is -2.45. The van der Waals surface area contributed by atoms with Gasteiger partial charge in [-0.05, 0) is 74.6 Å². The number of carbonyl (C=O) groups is 2. The van der Waals surface area contributed by atoms with Crippen molar-refractivity contribution in [3.63, 3.8) is 0 Å². The number of anilines is 1. The Labute approximate surface area is 209 Å². The van der Waals surface area contributed by atoms with Gasteiger partial charge in [0.15, 0.2) is 0 Å². The van der Waals surface area contributed by atoms with Crippen molar-refractivity contribution in [3.8, 4) is 0 Å². The number of fused-ring (bicyclic) bond motifs is 1. The average molecular weight is 487 g/mol. The summed E-state index contributed by atoms with van der Waals surface area (Å²) in [5.74, 6) is -2.86. The topological polar surface area (TPSA) is 76.1 Å². The summed E-state index contributed by atoms with van der Waals surface area (Å²) in [6.07, 6.45) is 0. The first-order chi connectivity index (χ1) is 17.0. The number of carboxylic acids is 1. The predicted octanol–water partition coefficient (Wildman–Crippen LogP) is 4.69. The Morgan fingerprint density at radius 1 is 0.917 bits per heavy atom. The van der Waals surface area contributed by atoms with E-state index in [9.17, 15) is 19.1 Å². The highest BCUT2D eigenvalue weighted by Crippen LogP contribution is 2.45. The predicted molar refractivity (Wildman–Crippen MR) is 135 cm³/mol. The molecule has 0 aliphatic carbocycles. The van der Waals surface area contributed by atoms with Crippen molar-refractivity contribution in [1.82, 2.24) is 0 Å². The van der Waals surface area contributed by atoms with E-state index < -0.39 is 42.1 Å². The number of halogens is 1. The van der Waals surface area contributed by atoms with Gasteiger partial charge in [0.05, 0.1) is 17.2 Å². The first-order valence-corrected chi connectivity index (χ1v) is 11.9. The van der Waals surface area contributed by atoms with E-state index in [1.807, 2.05) is 39.8 Å². The highest BCUT2D eigenvalue weighted by atomic mass is 19.1. The molecule has 0 aromatic heterocycles. The lowest BCUT2D eigenvalue weighted by atomic mass is 9.76. The van der Waals surface area contributed by atoms with Crippen LogP contribution in [-0.2, 0) is 14.1 Å². The second kappa shape index (κ2) is 8.57. The zero-order valence-electron chi connectivity index (χ0n) is 20.6. The Kier molecular flexibility index (Phi) is 5.77. The number of benzene rings is 3. The molecule has 0 spiro atoms. The van der Waals surface area contributed by atoms with Gasteiger partial charge in [-0.3, -0.25) is 14.5 Å². The highest BCUT2D eigenvalue weighted by molar-refractivity contribution is 6.62. The fourth-order valence-electron chi connectivity index (χ4n) is 4.86. The summed E-state index contributed by atoms with van der Waals surface area (Å²) < 4.78 is 26.0. The van der Waals surface area contributed by atoms with Gasteiger partial charge in [0, 0.05) is 11.3 Å². The third-order valence-electron chi connectivity index (χ3n) is 7.51. The number of aliphatic carboxylic acids is 1. The van der Waals surface area contributed by atoms with Crippen molar-refractivity contribution in [1.29, 1.82) is 0 Å². The second-order valence-electron chi connectivity index (χ2n) is 10.3. The minimum absolute atomic E-state index is 0.319. The van der Waals surface area contributed by atoms with Crippen LogP contribution in [0.1, 0.15) is 61.1 Å². The Balaban J connectivity index is 1.60. The van der Waals surface area contributed by atoms with E-state index >= 15 is 0 Å². The van der Waals surface area contributed by atoms with E-state index in [1.54, 1.807) is 36.4 Å². The molecule has 184 valence electrons. The maximum absolute atomic E-state index is 13.7. The van der Waals surface area contributed by atoms with E-state index in [1.165, 1.54) is 29.2 Å². The molecule has 2 aliphatic rings. The van der Waals surface area contributed by atoms with Crippen LogP contribution in [0, 0.1) is 5.82 Å². The van der Waals surface area contributed by atoms with Gasteiger partial charge in [-0.15, -0.1) is 0 Å². The molecule has 8 heteroatoms. The molecule has 1 N–H and O–H groups in total. The molecule has 2 atom stereocenters. The van der Waals surface area contributed by atoms with Crippen LogP contribution in [-0.4, -0.2) is 35.3 Å². The Hall–Kier alpha value is -3.49. The normalized spacial score (nSPS) is 22.4. The standard InChI is InChI=1S/C28H27BFNO5/c1-27(2)28(3,4)36-29(35-27)18-11-9-17(10-12-18)24-23(26(33)34)21-7-5-6-8-22(21)25(32)31(24)20-15-13-19(30)14-16-20/h5-16,23-24H,1-4H3,(H,33,34)/t23-,24-/m1/s1. The van der Waals surface area contributed by atoms with Crippen molar-refractivity contribution in [3.05, 3.63) is 95.3 Å². The van der Waals surface area contributed by atoms with Crippen LogP contribution in [0.15, 0.2) is 72.8 Å². The lowest BCUT2D eigenvalue weighted by molar-refractivity contribution is -0.139. The average Bonchev–Trinajstić information content (AvgIpc) is 3.06. The number of amides is 1. The number of hydrogen-bond donors (Lipinski definition) is 1. The van der Waals surface area contributed by atoms with Crippen molar-refractivity contribution in [2.45, 2.75) is 50.9 Å². The molecule has 1 saturated heterocycles. The van der Waals surface area contributed by atoms with Crippen LogP contribution < -0.4 is 10.4 Å². The van der Waals surface area contributed by atoms with Gasteiger partial charge < -0.3 is 14.4 Å². The minimum Gasteiger partial charge on any atom is -0.481 e. The summed E-state index contributed by atoms with van der Waals surface area (Å²) in [6, 6.07) is 18.7. The second-order valence-corrected chi connectivity index (χ2v) is 10.3. The highest BCUT2D eigenvalue weighted by Gasteiger charge is 2.52. The lowest BCUT2D eigenvalue weighted by Gasteiger charge is -2.41. The summed E-state index contributed by atoms with van der Waals surface area (Å²) in [5.41, 5.74) is 1.62. The number of carboxylic acid groups (broad SMARTS) is 1. The van der Waals surface area contributed by atoms with Crippen LogP contribution in [0.2, 0.25) is 0 Å². The molecule has 0 unspecified atom stereocenters. The molecule has 1 amide bonds. The number of rotatable bonds is 4. The number of nitrogens with zero attached hydrogens (tertiary/aromatic N) is 1. The molecule has 2 heterocycles. The van der Waals surface area contributed by atoms with Crippen molar-refractivity contribution < 1.29 is 28.4 Å². The zero-order valence-corrected chi connectivity index (χ0v) is 20.6. The van der Waals surface area contributed by atoms with Crippen LogP contribution in [0.5, 0.6) is 0 Å². The summed E-state index contributed by atoms with van der Waals surface area (Å²) in [7, 11) is -0.568. The molecule has 3 aromatic rings. The van der Waals surface area contributed by atoms with Crippen molar-refractivity contribution >= 4 is 30.1 Å². The van der Waals surface area contributed by atoms with Gasteiger partial charge in [0.2, 0.25) is 0 Å². The van der Waals surface area contributed by atoms with Crippen LogP contribution in [0.4, 0.5) is 10.1 Å². The maximum Gasteiger partial charge on any atom is 0.494 e. The molecule has 0 saturated carbocycles. The summed E-state index contributed by atoms with van der Waals surface area (Å²) in [4.78, 5) is 27.7. The van der Waals surface area contributed by atoms with Crippen molar-refractivity contribution in [2.24, 2.45) is 0 Å². The molecular weight excluding hydrogens is 460 g/mol. The van der Waals surface area contributed by atoms with Crippen LogP contribution in [0.25, 0.3) is 0 Å². The summed E-state index contributed by atoms with van der Waals surface area (Å²) >= 11 is 0. The van der Waals surface area contributed by atoms with Gasteiger partial charge in [-0.2, -0.15) is 0 Å². The maximum atomic E-state index is 13.7. The molecule has 36 heavy (non-hydrogen) atoms. The monoisotopic (exact) mass is 487 g/mol. The molecular formula is C28H27BFNO5. The van der Waals surface area contributed by atoms with E-state index in [0.717, 1.165) is 5.46 Å². The molecule has 6 nitrogen and oxygen atoms in total. The zero-order chi connectivity index (χ0) is 25.8. The van der Waals surface area contributed by atoms with E-state index in [-0.39, 0.29) is 5.91 Å². The Morgan fingerprint density at radius 3 is 2.08 bits per heavy atom. The minimum atomic E-state index is -1.05. The SMILES string of the molecule is CC1(C)OB(c2ccc([C@@H]3[C@H](C(=O)O)c4ccccc4C(=O)N3c3ccc(F)cc3)cc2)OC1(C)C. The quantitative estimate of drug-likeness (QED) is 0.541. The molecule has 0 radical (unpaired) electrons. The first-order valence-electron chi connectivity index (χ1n) is 11.9. The Morgan fingerprint density at radius 2 is 1.50 bits per heavy atom.